The van der Waals surface area contributed by atoms with Crippen molar-refractivity contribution in [2.45, 2.75) is 13.0 Å². The van der Waals surface area contributed by atoms with Crippen LogP contribution in [-0.4, -0.2) is 10.2 Å². The van der Waals surface area contributed by atoms with Crippen molar-refractivity contribution in [2.24, 2.45) is 5.73 Å². The number of aromatic nitrogens is 2. The Balaban J connectivity index is 2.11. The van der Waals surface area contributed by atoms with Gasteiger partial charge in [0.15, 0.2) is 5.15 Å². The second kappa shape index (κ2) is 5.12. The van der Waals surface area contributed by atoms with E-state index in [-0.39, 0.29) is 6.04 Å². The van der Waals surface area contributed by atoms with Crippen molar-refractivity contribution in [3.8, 4) is 11.6 Å². The van der Waals surface area contributed by atoms with Crippen LogP contribution in [0.2, 0.25) is 5.15 Å². The molecule has 0 aliphatic rings. The molecule has 0 aliphatic heterocycles. The quantitative estimate of drug-likeness (QED) is 0.909. The van der Waals surface area contributed by atoms with E-state index in [0.29, 0.717) is 16.8 Å². The van der Waals surface area contributed by atoms with Crippen LogP contribution in [0.15, 0.2) is 36.4 Å². The fourth-order valence-corrected chi connectivity index (χ4v) is 1.42. The summed E-state index contributed by atoms with van der Waals surface area (Å²) in [6.45, 7) is 1.93. The van der Waals surface area contributed by atoms with Gasteiger partial charge in [-0.3, -0.25) is 0 Å². The first-order valence-corrected chi connectivity index (χ1v) is 5.55. The molecule has 0 saturated carbocycles. The zero-order valence-corrected chi connectivity index (χ0v) is 10.1. The summed E-state index contributed by atoms with van der Waals surface area (Å²) in [5.74, 6) is 1.09. The minimum absolute atomic E-state index is 0.0133. The number of rotatable bonds is 3. The molecule has 2 rings (SSSR count). The lowest BCUT2D eigenvalue weighted by molar-refractivity contribution is 0.455. The number of benzene rings is 1. The minimum Gasteiger partial charge on any atom is -0.438 e. The van der Waals surface area contributed by atoms with E-state index >= 15 is 0 Å². The molecule has 5 heteroatoms. The Kier molecular flexibility index (Phi) is 3.56. The highest BCUT2D eigenvalue weighted by Gasteiger charge is 2.02. The summed E-state index contributed by atoms with van der Waals surface area (Å²) in [5.41, 5.74) is 6.81. The number of nitrogens with zero attached hydrogens (tertiary/aromatic N) is 2. The van der Waals surface area contributed by atoms with Crippen LogP contribution in [0.4, 0.5) is 0 Å². The van der Waals surface area contributed by atoms with Crippen molar-refractivity contribution in [2.75, 3.05) is 0 Å². The molecule has 17 heavy (non-hydrogen) atoms. The number of ether oxygens (including phenoxy) is 1. The fourth-order valence-electron chi connectivity index (χ4n) is 1.32. The van der Waals surface area contributed by atoms with Crippen molar-refractivity contribution in [1.82, 2.24) is 10.2 Å². The fraction of sp³-hybridized carbons (Fsp3) is 0.167. The smallest absolute Gasteiger partial charge is 0.238 e. The van der Waals surface area contributed by atoms with E-state index in [9.17, 15) is 0 Å². The summed E-state index contributed by atoms with van der Waals surface area (Å²) in [6.07, 6.45) is 0. The van der Waals surface area contributed by atoms with Crippen LogP contribution >= 0.6 is 11.6 Å². The third-order valence-corrected chi connectivity index (χ3v) is 2.44. The molecule has 1 aromatic carbocycles. The molecule has 4 nitrogen and oxygen atoms in total. The molecule has 1 atom stereocenters. The minimum atomic E-state index is 0.0133. The third kappa shape index (κ3) is 3.15. The van der Waals surface area contributed by atoms with Gasteiger partial charge in [-0.25, -0.2) is 0 Å². The van der Waals surface area contributed by atoms with Gasteiger partial charge in [0.1, 0.15) is 5.75 Å². The van der Waals surface area contributed by atoms with Gasteiger partial charge in [-0.1, -0.05) is 23.7 Å². The van der Waals surface area contributed by atoms with Gasteiger partial charge in [0, 0.05) is 12.1 Å². The monoisotopic (exact) mass is 249 g/mol. The van der Waals surface area contributed by atoms with Crippen LogP contribution in [0.25, 0.3) is 0 Å². The Morgan fingerprint density at radius 2 is 1.82 bits per heavy atom. The van der Waals surface area contributed by atoms with Gasteiger partial charge in [0.05, 0.1) is 0 Å². The molecule has 0 spiro atoms. The van der Waals surface area contributed by atoms with Crippen LogP contribution in [-0.2, 0) is 0 Å². The van der Waals surface area contributed by atoms with Crippen LogP contribution in [0.5, 0.6) is 11.6 Å². The molecule has 0 bridgehead atoms. The maximum absolute atomic E-state index is 5.76. The standard InChI is InChI=1S/C12H12ClN3O/c1-8(14)9-2-4-10(5-3-9)17-12-7-6-11(13)15-16-12/h2-8H,14H2,1H3/t8-/m1/s1. The van der Waals surface area contributed by atoms with Crippen molar-refractivity contribution in [3.63, 3.8) is 0 Å². The van der Waals surface area contributed by atoms with E-state index in [2.05, 4.69) is 10.2 Å². The van der Waals surface area contributed by atoms with E-state index in [1.165, 1.54) is 0 Å². The van der Waals surface area contributed by atoms with Gasteiger partial charge in [-0.15, -0.1) is 10.2 Å². The first kappa shape index (κ1) is 11.8. The van der Waals surface area contributed by atoms with Crippen LogP contribution in [0, 0.1) is 0 Å². The molecular weight excluding hydrogens is 238 g/mol. The highest BCUT2D eigenvalue weighted by Crippen LogP contribution is 2.21. The van der Waals surface area contributed by atoms with Crippen LogP contribution in [0.1, 0.15) is 18.5 Å². The van der Waals surface area contributed by atoms with E-state index in [1.54, 1.807) is 12.1 Å². The normalized spacial score (nSPS) is 12.2. The van der Waals surface area contributed by atoms with Gasteiger partial charge in [0.2, 0.25) is 5.88 Å². The van der Waals surface area contributed by atoms with Crippen molar-refractivity contribution in [3.05, 3.63) is 47.1 Å². The topological polar surface area (TPSA) is 61.0 Å². The molecule has 2 aromatic rings. The molecule has 0 radical (unpaired) electrons. The summed E-state index contributed by atoms with van der Waals surface area (Å²) in [4.78, 5) is 0. The molecule has 2 N–H and O–H groups in total. The van der Waals surface area contributed by atoms with Crippen LogP contribution in [0.3, 0.4) is 0 Å². The molecule has 1 heterocycles. The summed E-state index contributed by atoms with van der Waals surface area (Å²) in [6, 6.07) is 10.8. The van der Waals surface area contributed by atoms with Crippen molar-refractivity contribution < 1.29 is 4.74 Å². The van der Waals surface area contributed by atoms with Gasteiger partial charge in [-0.05, 0) is 30.7 Å². The predicted octanol–water partition coefficient (Wildman–Crippen LogP) is 2.94. The van der Waals surface area contributed by atoms with E-state index in [4.69, 9.17) is 22.1 Å². The predicted molar refractivity (Wildman–Crippen MR) is 66.2 cm³/mol. The van der Waals surface area contributed by atoms with E-state index in [0.717, 1.165) is 5.56 Å². The van der Waals surface area contributed by atoms with Gasteiger partial charge in [0.25, 0.3) is 0 Å². The van der Waals surface area contributed by atoms with Crippen molar-refractivity contribution in [1.29, 1.82) is 0 Å². The second-order valence-electron chi connectivity index (χ2n) is 3.65. The number of hydrogen-bond acceptors (Lipinski definition) is 4. The Morgan fingerprint density at radius 1 is 1.12 bits per heavy atom. The maximum Gasteiger partial charge on any atom is 0.238 e. The number of hydrogen-bond donors (Lipinski definition) is 1. The Hall–Kier alpha value is -1.65. The lowest BCUT2D eigenvalue weighted by Crippen LogP contribution is -2.04. The van der Waals surface area contributed by atoms with E-state index < -0.39 is 0 Å². The Bertz CT molecular complexity index is 482. The second-order valence-corrected chi connectivity index (χ2v) is 4.04. The molecule has 1 aromatic heterocycles. The van der Waals surface area contributed by atoms with Crippen molar-refractivity contribution >= 4 is 11.6 Å². The zero-order chi connectivity index (χ0) is 12.3. The molecular formula is C12H12ClN3O. The summed E-state index contributed by atoms with van der Waals surface area (Å²) >= 11 is 5.63. The molecule has 0 saturated heterocycles. The highest BCUT2D eigenvalue weighted by molar-refractivity contribution is 6.29. The molecule has 0 amide bonds. The molecule has 0 fully saturated rings. The Labute approximate surface area is 104 Å². The third-order valence-electron chi connectivity index (χ3n) is 2.24. The van der Waals surface area contributed by atoms with Gasteiger partial charge >= 0.3 is 0 Å². The number of nitrogens with two attached hydrogens (primary N) is 1. The zero-order valence-electron chi connectivity index (χ0n) is 9.30. The van der Waals surface area contributed by atoms with E-state index in [1.807, 2.05) is 31.2 Å². The average molecular weight is 250 g/mol. The molecule has 0 unspecified atom stereocenters. The molecule has 0 aliphatic carbocycles. The van der Waals surface area contributed by atoms with Crippen LogP contribution < -0.4 is 10.5 Å². The molecule has 88 valence electrons. The lowest BCUT2D eigenvalue weighted by atomic mass is 10.1. The summed E-state index contributed by atoms with van der Waals surface area (Å²) < 4.78 is 5.50. The summed E-state index contributed by atoms with van der Waals surface area (Å²) in [5, 5.41) is 7.83. The Morgan fingerprint density at radius 3 is 2.35 bits per heavy atom. The first-order chi connectivity index (χ1) is 8.15. The average Bonchev–Trinajstić information content (AvgIpc) is 2.33. The SMILES string of the molecule is C[C@@H](N)c1ccc(Oc2ccc(Cl)nn2)cc1. The largest absolute Gasteiger partial charge is 0.438 e. The van der Waals surface area contributed by atoms with Gasteiger partial charge in [-0.2, -0.15) is 0 Å². The highest BCUT2D eigenvalue weighted by atomic mass is 35.5. The van der Waals surface area contributed by atoms with Gasteiger partial charge < -0.3 is 10.5 Å². The maximum atomic E-state index is 5.76. The number of halogens is 1. The summed E-state index contributed by atoms with van der Waals surface area (Å²) in [7, 11) is 0. The lowest BCUT2D eigenvalue weighted by Gasteiger charge is -2.07. The first-order valence-electron chi connectivity index (χ1n) is 5.18.